The van der Waals surface area contributed by atoms with Gasteiger partial charge in [0.15, 0.2) is 0 Å². The molecule has 0 atom stereocenters. The van der Waals surface area contributed by atoms with Crippen LogP contribution < -0.4 is 0 Å². The quantitative estimate of drug-likeness (QED) is 0.420. The van der Waals surface area contributed by atoms with Gasteiger partial charge in [0.2, 0.25) is 0 Å². The zero-order valence-electron chi connectivity index (χ0n) is 7.69. The molecule has 0 aromatic carbocycles. The first-order chi connectivity index (χ1) is 5.95. The standard InChI is InChI=1S/2C3H4O2.H6OSi2/c2*1-2-3(4)5;2-1-3/h2*2H,1H2,(H,4,5);2-3H3. The van der Waals surface area contributed by atoms with Crippen molar-refractivity contribution >= 4 is 32.9 Å². The van der Waals surface area contributed by atoms with E-state index < -0.39 is 11.9 Å². The molecule has 5 nitrogen and oxygen atoms in total. The Morgan fingerprint density at radius 3 is 1.15 bits per heavy atom. The lowest BCUT2D eigenvalue weighted by Gasteiger charge is -1.64. The Labute approximate surface area is 82.8 Å². The number of carboxylic acid groups (broad SMARTS) is 2. The number of aliphatic carboxylic acids is 2. The molecule has 0 amide bonds. The second kappa shape index (κ2) is 17.1. The summed E-state index contributed by atoms with van der Waals surface area (Å²) in [6.07, 6.45) is 1.67. The van der Waals surface area contributed by atoms with E-state index in [1.54, 1.807) is 0 Å². The van der Waals surface area contributed by atoms with Gasteiger partial charge in [0.05, 0.1) is 0 Å². The molecule has 0 heterocycles. The van der Waals surface area contributed by atoms with Gasteiger partial charge in [0.25, 0.3) is 0 Å². The molecule has 76 valence electrons. The zero-order valence-corrected chi connectivity index (χ0v) is 11.7. The molecule has 2 N–H and O–H groups in total. The third-order valence-corrected chi connectivity index (χ3v) is 0.349. The van der Waals surface area contributed by atoms with E-state index in [0.29, 0.717) is 0 Å². The topological polar surface area (TPSA) is 83.8 Å². The average molecular weight is 222 g/mol. The molecule has 0 unspecified atom stereocenters. The van der Waals surface area contributed by atoms with Crippen LogP contribution in [0.3, 0.4) is 0 Å². The highest BCUT2D eigenvalue weighted by Crippen LogP contribution is 1.55. The highest BCUT2D eigenvalue weighted by molar-refractivity contribution is 6.15. The van der Waals surface area contributed by atoms with Gasteiger partial charge in [-0.2, -0.15) is 0 Å². The van der Waals surface area contributed by atoms with Gasteiger partial charge >= 0.3 is 11.9 Å². The van der Waals surface area contributed by atoms with Crippen molar-refractivity contribution in [1.82, 2.24) is 0 Å². The average Bonchev–Trinajstić information content (AvgIpc) is 2.07. The number of hydrogen-bond donors (Lipinski definition) is 2. The van der Waals surface area contributed by atoms with E-state index >= 15 is 0 Å². The van der Waals surface area contributed by atoms with Crippen molar-refractivity contribution in [3.63, 3.8) is 0 Å². The minimum absolute atomic E-state index is 0.833. The van der Waals surface area contributed by atoms with Gasteiger partial charge in [-0.25, -0.2) is 9.59 Å². The van der Waals surface area contributed by atoms with E-state index in [2.05, 4.69) is 17.3 Å². The predicted octanol–water partition coefficient (Wildman–Crippen LogP) is -1.92. The summed E-state index contributed by atoms with van der Waals surface area (Å²) in [5, 5.41) is 15.2. The normalized spacial score (nSPS) is 6.77. The molecule has 0 aliphatic carbocycles. The van der Waals surface area contributed by atoms with Crippen LogP contribution in [0.15, 0.2) is 25.3 Å². The molecule has 0 aliphatic heterocycles. The first kappa shape index (κ1) is 17.8. The van der Waals surface area contributed by atoms with Crippen molar-refractivity contribution in [3.05, 3.63) is 25.3 Å². The van der Waals surface area contributed by atoms with Crippen LogP contribution in [0, 0.1) is 0 Å². The Kier molecular flexibility index (Phi) is 23.3. The Morgan fingerprint density at radius 2 is 1.15 bits per heavy atom. The molecular weight excluding hydrogens is 208 g/mol. The molecular formula is C6H14O5Si2. The van der Waals surface area contributed by atoms with Crippen LogP contribution in [0.2, 0.25) is 0 Å². The summed E-state index contributed by atoms with van der Waals surface area (Å²) in [7, 11) is 1.86. The summed E-state index contributed by atoms with van der Waals surface area (Å²) in [6, 6.07) is 0. The van der Waals surface area contributed by atoms with Gasteiger partial charge in [-0.1, -0.05) is 13.2 Å². The lowest BCUT2D eigenvalue weighted by atomic mass is 10.7. The lowest BCUT2D eigenvalue weighted by Crippen LogP contribution is -1.82. The van der Waals surface area contributed by atoms with E-state index in [-0.39, 0.29) is 0 Å². The second-order valence-corrected chi connectivity index (χ2v) is 4.76. The Hall–Kier alpha value is -1.19. The van der Waals surface area contributed by atoms with Gasteiger partial charge in [-0.3, -0.25) is 0 Å². The molecule has 13 heavy (non-hydrogen) atoms. The third-order valence-electron chi connectivity index (χ3n) is 0.349. The van der Waals surface area contributed by atoms with E-state index in [1.165, 1.54) is 0 Å². The third kappa shape index (κ3) is 106. The van der Waals surface area contributed by atoms with Crippen LogP contribution in [0.4, 0.5) is 0 Å². The minimum atomic E-state index is -0.981. The minimum Gasteiger partial charge on any atom is -0.478 e. The summed E-state index contributed by atoms with van der Waals surface area (Å²) < 4.78 is 4.53. The Bertz CT molecular complexity index is 150. The number of carboxylic acids is 2. The van der Waals surface area contributed by atoms with Crippen molar-refractivity contribution in [2.24, 2.45) is 0 Å². The van der Waals surface area contributed by atoms with Crippen molar-refractivity contribution in [3.8, 4) is 0 Å². The summed E-state index contributed by atoms with van der Waals surface area (Å²) in [4.78, 5) is 18.5. The fourth-order valence-corrected chi connectivity index (χ4v) is 0. The molecule has 0 saturated heterocycles. The SMILES string of the molecule is C=CC(=O)O.C=CC(=O)O.[SiH3]O[SiH3]. The van der Waals surface area contributed by atoms with Crippen LogP contribution in [0.25, 0.3) is 0 Å². The first-order valence-electron chi connectivity index (χ1n) is 3.07. The van der Waals surface area contributed by atoms with Crippen molar-refractivity contribution < 1.29 is 23.9 Å². The van der Waals surface area contributed by atoms with Gasteiger partial charge in [-0.05, 0) is 0 Å². The van der Waals surface area contributed by atoms with E-state index in [4.69, 9.17) is 10.2 Å². The molecule has 0 bridgehead atoms. The molecule has 0 aromatic heterocycles. The highest BCUT2D eigenvalue weighted by Gasteiger charge is 1.73. The molecule has 0 aliphatic rings. The Balaban J connectivity index is -0.000000120. The molecule has 0 spiro atoms. The van der Waals surface area contributed by atoms with Crippen LogP contribution in [0.5, 0.6) is 0 Å². The fraction of sp³-hybridized carbons (Fsp3) is 0. The number of carbonyl (C=O) groups is 2. The molecule has 7 heteroatoms. The zero-order chi connectivity index (χ0) is 11.3. The lowest BCUT2D eigenvalue weighted by molar-refractivity contribution is -0.132. The fourth-order valence-electron chi connectivity index (χ4n) is 0. The Morgan fingerprint density at radius 1 is 1.08 bits per heavy atom. The van der Waals surface area contributed by atoms with Gasteiger partial charge in [0.1, 0.15) is 21.0 Å². The number of rotatable bonds is 2. The van der Waals surface area contributed by atoms with Gasteiger partial charge < -0.3 is 14.3 Å². The maximum absolute atomic E-state index is 9.25. The molecule has 0 fully saturated rings. The van der Waals surface area contributed by atoms with Crippen LogP contribution in [-0.4, -0.2) is 43.1 Å². The summed E-state index contributed by atoms with van der Waals surface area (Å²) in [5.41, 5.74) is 0. The maximum Gasteiger partial charge on any atom is 0.327 e. The van der Waals surface area contributed by atoms with E-state index in [0.717, 1.165) is 33.1 Å². The summed E-state index contributed by atoms with van der Waals surface area (Å²) in [6.45, 7) is 5.92. The highest BCUT2D eigenvalue weighted by atomic mass is 28.3. The molecule has 0 radical (unpaired) electrons. The largest absolute Gasteiger partial charge is 0.478 e. The van der Waals surface area contributed by atoms with Crippen LogP contribution in [0.1, 0.15) is 0 Å². The van der Waals surface area contributed by atoms with Gasteiger partial charge in [-0.15, -0.1) is 0 Å². The van der Waals surface area contributed by atoms with Crippen molar-refractivity contribution in [1.29, 1.82) is 0 Å². The van der Waals surface area contributed by atoms with Crippen LogP contribution in [-0.2, 0) is 13.7 Å². The van der Waals surface area contributed by atoms with Crippen LogP contribution >= 0.6 is 0 Å². The summed E-state index contributed by atoms with van der Waals surface area (Å²) in [5.74, 6) is -1.96. The molecule has 0 rings (SSSR count). The summed E-state index contributed by atoms with van der Waals surface area (Å²) >= 11 is 0. The predicted molar refractivity (Wildman–Crippen MR) is 56.6 cm³/mol. The first-order valence-corrected chi connectivity index (χ1v) is 4.70. The van der Waals surface area contributed by atoms with E-state index in [9.17, 15) is 9.59 Å². The molecule has 0 saturated carbocycles. The van der Waals surface area contributed by atoms with Gasteiger partial charge in [0, 0.05) is 12.2 Å². The number of hydrogen-bond acceptors (Lipinski definition) is 3. The smallest absolute Gasteiger partial charge is 0.327 e. The van der Waals surface area contributed by atoms with Crippen molar-refractivity contribution in [2.75, 3.05) is 0 Å². The maximum atomic E-state index is 9.25. The second-order valence-electron chi connectivity index (χ2n) is 1.49. The van der Waals surface area contributed by atoms with Crippen molar-refractivity contribution in [2.45, 2.75) is 0 Å². The van der Waals surface area contributed by atoms with E-state index in [1.807, 2.05) is 0 Å². The monoisotopic (exact) mass is 222 g/mol. The molecule has 0 aromatic rings.